The van der Waals surface area contributed by atoms with Gasteiger partial charge in [-0.1, -0.05) is 12.1 Å². The van der Waals surface area contributed by atoms with E-state index in [0.717, 1.165) is 44.0 Å². The second-order valence-electron chi connectivity index (χ2n) is 10.5. The fraction of sp³-hybridized carbons (Fsp3) is 0.680. The molecule has 0 radical (unpaired) electrons. The first-order valence-corrected chi connectivity index (χ1v) is 11.5. The van der Waals surface area contributed by atoms with Crippen molar-refractivity contribution in [3.8, 4) is 6.07 Å². The molecule has 1 aliphatic heterocycles. The Morgan fingerprint density at radius 1 is 1.30 bits per heavy atom. The van der Waals surface area contributed by atoms with E-state index in [-0.39, 0.29) is 6.09 Å². The number of hydrogen-bond acceptors (Lipinski definition) is 4. The second-order valence-corrected chi connectivity index (χ2v) is 10.5. The van der Waals surface area contributed by atoms with Crippen molar-refractivity contribution in [1.29, 1.82) is 5.26 Å². The van der Waals surface area contributed by atoms with Crippen molar-refractivity contribution in [3.05, 3.63) is 35.4 Å². The third kappa shape index (κ3) is 4.64. The van der Waals surface area contributed by atoms with Crippen LogP contribution in [0.3, 0.4) is 0 Å². The van der Waals surface area contributed by atoms with Crippen LogP contribution in [0.15, 0.2) is 24.3 Å². The molecule has 1 N–H and O–H groups in total. The molecular formula is C25H35N3O2. The Kier molecular flexibility index (Phi) is 5.81. The van der Waals surface area contributed by atoms with Crippen LogP contribution >= 0.6 is 0 Å². The SMILES string of the molecule is CC(C)(C)OC(=O)N1CCC(CN[C@@H]2CC[C@]3(c4cccc(C#N)c4)CC3C2)CC1. The minimum absolute atomic E-state index is 0.174. The largest absolute Gasteiger partial charge is 0.444 e. The molecule has 1 aromatic carbocycles. The molecule has 3 fully saturated rings. The van der Waals surface area contributed by atoms with Crippen LogP contribution in [-0.2, 0) is 10.2 Å². The molecule has 0 bridgehead atoms. The average molecular weight is 410 g/mol. The molecule has 1 saturated heterocycles. The van der Waals surface area contributed by atoms with Crippen LogP contribution in [0.1, 0.15) is 70.4 Å². The van der Waals surface area contributed by atoms with Crippen LogP contribution < -0.4 is 5.32 Å². The first-order valence-electron chi connectivity index (χ1n) is 11.5. The van der Waals surface area contributed by atoms with Gasteiger partial charge in [-0.3, -0.25) is 0 Å². The summed E-state index contributed by atoms with van der Waals surface area (Å²) in [5.74, 6) is 1.40. The minimum Gasteiger partial charge on any atom is -0.444 e. The van der Waals surface area contributed by atoms with Crippen LogP contribution in [0, 0.1) is 23.2 Å². The zero-order chi connectivity index (χ0) is 21.4. The lowest BCUT2D eigenvalue weighted by molar-refractivity contribution is 0.0183. The second kappa shape index (κ2) is 8.23. The summed E-state index contributed by atoms with van der Waals surface area (Å²) in [4.78, 5) is 14.1. The first-order chi connectivity index (χ1) is 14.3. The van der Waals surface area contributed by atoms with Crippen LogP contribution in [0.2, 0.25) is 0 Å². The van der Waals surface area contributed by atoms with Gasteiger partial charge >= 0.3 is 6.09 Å². The molecule has 0 aromatic heterocycles. The summed E-state index contributed by atoms with van der Waals surface area (Å²) in [5.41, 5.74) is 2.07. The first kappa shape index (κ1) is 21.2. The highest BCUT2D eigenvalue weighted by Gasteiger charge is 2.57. The summed E-state index contributed by atoms with van der Waals surface area (Å²) in [6.45, 7) is 8.40. The van der Waals surface area contributed by atoms with Crippen molar-refractivity contribution in [2.24, 2.45) is 11.8 Å². The smallest absolute Gasteiger partial charge is 0.410 e. The van der Waals surface area contributed by atoms with Crippen LogP contribution in [-0.4, -0.2) is 42.3 Å². The Morgan fingerprint density at radius 3 is 2.73 bits per heavy atom. The molecule has 162 valence electrons. The Hall–Kier alpha value is -2.06. The maximum Gasteiger partial charge on any atom is 0.410 e. The van der Waals surface area contributed by atoms with E-state index in [0.29, 0.717) is 17.4 Å². The Balaban J connectivity index is 1.20. The van der Waals surface area contributed by atoms with Crippen molar-refractivity contribution in [1.82, 2.24) is 10.2 Å². The summed E-state index contributed by atoms with van der Waals surface area (Å²) in [5, 5.41) is 13.0. The number of carbonyl (C=O) groups is 1. The molecule has 0 spiro atoms. The van der Waals surface area contributed by atoms with Gasteiger partial charge in [-0.15, -0.1) is 0 Å². The fourth-order valence-electron chi connectivity index (χ4n) is 5.45. The van der Waals surface area contributed by atoms with Gasteiger partial charge in [0.1, 0.15) is 5.60 Å². The predicted molar refractivity (Wildman–Crippen MR) is 117 cm³/mol. The van der Waals surface area contributed by atoms with Gasteiger partial charge in [0.25, 0.3) is 0 Å². The van der Waals surface area contributed by atoms with Crippen LogP contribution in [0.25, 0.3) is 0 Å². The quantitative estimate of drug-likeness (QED) is 0.789. The van der Waals surface area contributed by atoms with Gasteiger partial charge in [-0.05, 0) is 101 Å². The highest BCUT2D eigenvalue weighted by atomic mass is 16.6. The van der Waals surface area contributed by atoms with Crippen molar-refractivity contribution >= 4 is 6.09 Å². The monoisotopic (exact) mass is 409 g/mol. The molecule has 5 heteroatoms. The number of likely N-dealkylation sites (tertiary alicyclic amines) is 1. The van der Waals surface area contributed by atoms with Crippen LogP contribution in [0.5, 0.6) is 0 Å². The maximum absolute atomic E-state index is 12.2. The topological polar surface area (TPSA) is 65.4 Å². The highest BCUT2D eigenvalue weighted by Crippen LogP contribution is 2.62. The van der Waals surface area contributed by atoms with Gasteiger partial charge in [0, 0.05) is 19.1 Å². The molecule has 3 aliphatic rings. The molecular weight excluding hydrogens is 374 g/mol. The van der Waals surface area contributed by atoms with Crippen molar-refractivity contribution in [3.63, 3.8) is 0 Å². The maximum atomic E-state index is 12.2. The van der Waals surface area contributed by atoms with E-state index in [9.17, 15) is 10.1 Å². The minimum atomic E-state index is -0.426. The lowest BCUT2D eigenvalue weighted by Crippen LogP contribution is -2.44. The number of rotatable bonds is 4. The van der Waals surface area contributed by atoms with E-state index >= 15 is 0 Å². The van der Waals surface area contributed by atoms with Gasteiger partial charge in [0.2, 0.25) is 0 Å². The van der Waals surface area contributed by atoms with E-state index in [1.165, 1.54) is 31.2 Å². The number of piperidine rings is 1. The van der Waals surface area contributed by atoms with Crippen molar-refractivity contribution < 1.29 is 9.53 Å². The summed E-state index contributed by atoms with van der Waals surface area (Å²) < 4.78 is 5.50. The summed E-state index contributed by atoms with van der Waals surface area (Å²) in [6, 6.07) is 11.1. The molecule has 1 unspecified atom stereocenters. The predicted octanol–water partition coefficient (Wildman–Crippen LogP) is 4.61. The van der Waals surface area contributed by atoms with E-state index in [1.54, 1.807) is 0 Å². The number of benzene rings is 1. The Bertz CT molecular complexity index is 816. The average Bonchev–Trinajstić information content (AvgIpc) is 3.46. The van der Waals surface area contributed by atoms with Gasteiger partial charge in [-0.25, -0.2) is 4.79 Å². The molecule has 1 heterocycles. The molecule has 5 nitrogen and oxygen atoms in total. The van der Waals surface area contributed by atoms with E-state index in [1.807, 2.05) is 37.8 Å². The number of hydrogen-bond donors (Lipinski definition) is 1. The number of nitrogens with one attached hydrogen (secondary N) is 1. The summed E-state index contributed by atoms with van der Waals surface area (Å²) >= 11 is 0. The number of nitrogens with zero attached hydrogens (tertiary/aromatic N) is 2. The zero-order valence-electron chi connectivity index (χ0n) is 18.6. The molecule has 3 atom stereocenters. The van der Waals surface area contributed by atoms with Crippen LogP contribution in [0.4, 0.5) is 4.79 Å². The van der Waals surface area contributed by atoms with Gasteiger partial charge in [0.05, 0.1) is 11.6 Å². The summed E-state index contributed by atoms with van der Waals surface area (Å²) in [7, 11) is 0. The number of ether oxygens (including phenoxy) is 1. The highest BCUT2D eigenvalue weighted by molar-refractivity contribution is 5.68. The lowest BCUT2D eigenvalue weighted by Gasteiger charge is -2.35. The summed E-state index contributed by atoms with van der Waals surface area (Å²) in [6.07, 6.45) is 6.88. The third-order valence-electron chi connectivity index (χ3n) is 7.27. The Morgan fingerprint density at radius 2 is 2.07 bits per heavy atom. The zero-order valence-corrected chi connectivity index (χ0v) is 18.6. The molecule has 2 aliphatic carbocycles. The van der Waals surface area contributed by atoms with E-state index < -0.39 is 5.60 Å². The standard InChI is InChI=1S/C25H35N3O2/c1-24(2,3)30-23(29)28-11-8-18(9-12-28)17-27-22-7-10-25(15-21(25)14-22)20-6-4-5-19(13-20)16-26/h4-6,13,18,21-22,27H,7-12,14-15,17H2,1-3H3/t21?,22-,25-/m1/s1. The van der Waals surface area contributed by atoms with E-state index in [4.69, 9.17) is 4.74 Å². The van der Waals surface area contributed by atoms with E-state index in [2.05, 4.69) is 23.5 Å². The fourth-order valence-corrected chi connectivity index (χ4v) is 5.45. The number of amides is 1. The normalized spacial score (nSPS) is 29.1. The lowest BCUT2D eigenvalue weighted by atomic mass is 9.80. The van der Waals surface area contributed by atoms with Gasteiger partial charge in [-0.2, -0.15) is 5.26 Å². The molecule has 2 saturated carbocycles. The number of carbonyl (C=O) groups excluding carboxylic acids is 1. The third-order valence-corrected chi connectivity index (χ3v) is 7.27. The van der Waals surface area contributed by atoms with Crippen molar-refractivity contribution in [2.45, 2.75) is 76.4 Å². The molecule has 4 rings (SSSR count). The molecule has 1 aromatic rings. The van der Waals surface area contributed by atoms with Crippen molar-refractivity contribution in [2.75, 3.05) is 19.6 Å². The van der Waals surface area contributed by atoms with Gasteiger partial charge in [0.15, 0.2) is 0 Å². The number of fused-ring (bicyclic) bond motifs is 1. The molecule has 1 amide bonds. The molecule has 30 heavy (non-hydrogen) atoms. The van der Waals surface area contributed by atoms with Gasteiger partial charge < -0.3 is 15.0 Å². The Labute approximate surface area is 180 Å². The number of nitriles is 1.